The van der Waals surface area contributed by atoms with E-state index >= 15 is 0 Å². The summed E-state index contributed by atoms with van der Waals surface area (Å²) in [6.07, 6.45) is 3.13. The molecule has 1 fully saturated rings. The van der Waals surface area contributed by atoms with E-state index in [1.807, 2.05) is 0 Å². The quantitative estimate of drug-likeness (QED) is 0.754. The summed E-state index contributed by atoms with van der Waals surface area (Å²) >= 11 is 0. The number of ether oxygens (including phenoxy) is 1. The first-order valence-electron chi connectivity index (χ1n) is 5.90. The van der Waals surface area contributed by atoms with Crippen molar-refractivity contribution < 1.29 is 4.74 Å². The molecule has 0 aromatic heterocycles. The molecule has 1 N–H and O–H groups in total. The average Bonchev–Trinajstić information content (AvgIpc) is 2.01. The number of hydrogen-bond donors (Lipinski definition) is 1. The topological polar surface area (TPSA) is 21.3 Å². The molecule has 0 aromatic rings. The van der Waals surface area contributed by atoms with E-state index in [0.29, 0.717) is 30.2 Å². The summed E-state index contributed by atoms with van der Waals surface area (Å²) in [7, 11) is 0. The lowest BCUT2D eigenvalue weighted by atomic mass is 9.97. The minimum absolute atomic E-state index is 0.413. The molecule has 2 heteroatoms. The van der Waals surface area contributed by atoms with Crippen molar-refractivity contribution in [3.63, 3.8) is 0 Å². The van der Waals surface area contributed by atoms with E-state index in [4.69, 9.17) is 4.74 Å². The van der Waals surface area contributed by atoms with Crippen molar-refractivity contribution in [2.75, 3.05) is 0 Å². The van der Waals surface area contributed by atoms with Crippen LogP contribution >= 0.6 is 0 Å². The molecule has 1 aliphatic rings. The van der Waals surface area contributed by atoms with Crippen LogP contribution in [-0.2, 0) is 4.74 Å². The third-order valence-corrected chi connectivity index (χ3v) is 3.20. The normalized spacial score (nSPS) is 36.0. The fraction of sp³-hybridized carbons (Fsp3) is 1.00. The highest BCUT2D eigenvalue weighted by Crippen LogP contribution is 2.20. The van der Waals surface area contributed by atoms with E-state index in [-0.39, 0.29) is 0 Å². The lowest BCUT2D eigenvalue weighted by molar-refractivity contribution is -0.0439. The van der Waals surface area contributed by atoms with Crippen LogP contribution in [0.3, 0.4) is 0 Å². The van der Waals surface area contributed by atoms with Crippen molar-refractivity contribution in [2.45, 2.75) is 71.8 Å². The van der Waals surface area contributed by atoms with E-state index in [1.54, 1.807) is 0 Å². The lowest BCUT2D eigenvalue weighted by Gasteiger charge is -2.35. The molecule has 14 heavy (non-hydrogen) atoms. The Kier molecular flexibility index (Phi) is 4.39. The summed E-state index contributed by atoms with van der Waals surface area (Å²) in [5.41, 5.74) is 0. The van der Waals surface area contributed by atoms with Gasteiger partial charge in [0.05, 0.1) is 12.2 Å². The molecule has 1 rings (SSSR count). The van der Waals surface area contributed by atoms with Gasteiger partial charge >= 0.3 is 0 Å². The van der Waals surface area contributed by atoms with Gasteiger partial charge in [-0.15, -0.1) is 0 Å². The number of nitrogens with one attached hydrogen (secondary N) is 1. The van der Waals surface area contributed by atoms with E-state index in [1.165, 1.54) is 0 Å². The second-order valence-corrected chi connectivity index (χ2v) is 5.13. The van der Waals surface area contributed by atoms with Crippen LogP contribution in [0.5, 0.6) is 0 Å². The van der Waals surface area contributed by atoms with Crippen LogP contribution < -0.4 is 5.32 Å². The maximum atomic E-state index is 5.72. The third-order valence-electron chi connectivity index (χ3n) is 3.20. The van der Waals surface area contributed by atoms with Crippen LogP contribution in [0.2, 0.25) is 0 Å². The Bertz CT molecular complexity index is 160. The summed E-state index contributed by atoms with van der Waals surface area (Å²) in [6.45, 7) is 11.2. The summed E-state index contributed by atoms with van der Waals surface area (Å²) in [4.78, 5) is 0. The molecule has 84 valence electrons. The molecular weight excluding hydrogens is 174 g/mol. The largest absolute Gasteiger partial charge is 0.375 e. The maximum absolute atomic E-state index is 5.72. The molecule has 0 spiro atoms. The molecule has 2 nitrogen and oxygen atoms in total. The lowest BCUT2D eigenvalue weighted by Crippen LogP contribution is -2.46. The SMILES string of the molecule is CC(C)[C@@H](C)NC1C[C@@H](C)O[C@@H](C)C1. The molecule has 0 saturated carbocycles. The summed E-state index contributed by atoms with van der Waals surface area (Å²) in [5, 5.41) is 3.70. The first-order chi connectivity index (χ1) is 6.49. The molecule has 4 atom stereocenters. The molecule has 0 bridgehead atoms. The standard InChI is InChI=1S/C12H25NO/c1-8(2)11(5)13-12-6-9(3)14-10(4)7-12/h8-13H,6-7H2,1-5H3/t9-,10+,11-,12?/m1/s1. The van der Waals surface area contributed by atoms with E-state index in [9.17, 15) is 0 Å². The summed E-state index contributed by atoms with van der Waals surface area (Å²) < 4.78 is 5.72. The zero-order valence-electron chi connectivity index (χ0n) is 10.2. The van der Waals surface area contributed by atoms with Gasteiger partial charge in [0.2, 0.25) is 0 Å². The summed E-state index contributed by atoms with van der Waals surface area (Å²) in [5.74, 6) is 0.712. The van der Waals surface area contributed by atoms with Crippen LogP contribution in [-0.4, -0.2) is 24.3 Å². The monoisotopic (exact) mass is 199 g/mol. The van der Waals surface area contributed by atoms with Crippen molar-refractivity contribution in [1.82, 2.24) is 5.32 Å². The van der Waals surface area contributed by atoms with Crippen molar-refractivity contribution in [3.8, 4) is 0 Å². The second kappa shape index (κ2) is 5.13. The van der Waals surface area contributed by atoms with Gasteiger partial charge in [0, 0.05) is 12.1 Å². The molecule has 0 amide bonds. The van der Waals surface area contributed by atoms with Crippen molar-refractivity contribution in [2.24, 2.45) is 5.92 Å². The van der Waals surface area contributed by atoms with Crippen molar-refractivity contribution in [1.29, 1.82) is 0 Å². The first kappa shape index (κ1) is 12.0. The highest BCUT2D eigenvalue weighted by Gasteiger charge is 2.25. The zero-order chi connectivity index (χ0) is 10.7. The molecule has 0 aromatic carbocycles. The van der Waals surface area contributed by atoms with Gasteiger partial charge in [0.1, 0.15) is 0 Å². The fourth-order valence-electron chi connectivity index (χ4n) is 2.11. The van der Waals surface area contributed by atoms with Gasteiger partial charge in [0.25, 0.3) is 0 Å². The molecule has 0 aliphatic carbocycles. The predicted octanol–water partition coefficient (Wildman–Crippen LogP) is 2.58. The Hall–Kier alpha value is -0.0800. The van der Waals surface area contributed by atoms with Gasteiger partial charge < -0.3 is 10.1 Å². The van der Waals surface area contributed by atoms with Gasteiger partial charge in [-0.25, -0.2) is 0 Å². The van der Waals surface area contributed by atoms with E-state index < -0.39 is 0 Å². The minimum atomic E-state index is 0.413. The molecule has 0 radical (unpaired) electrons. The van der Waals surface area contributed by atoms with Crippen LogP contribution in [0.25, 0.3) is 0 Å². The highest BCUT2D eigenvalue weighted by molar-refractivity contribution is 4.81. The smallest absolute Gasteiger partial charge is 0.0565 e. The molecule has 1 aliphatic heterocycles. The van der Waals surface area contributed by atoms with Crippen LogP contribution in [0.4, 0.5) is 0 Å². The van der Waals surface area contributed by atoms with Gasteiger partial charge in [-0.3, -0.25) is 0 Å². The highest BCUT2D eigenvalue weighted by atomic mass is 16.5. The Morgan fingerprint density at radius 2 is 1.57 bits per heavy atom. The van der Waals surface area contributed by atoms with Crippen LogP contribution in [0.15, 0.2) is 0 Å². The third kappa shape index (κ3) is 3.58. The molecular formula is C12H25NO. The Morgan fingerprint density at radius 3 is 2.00 bits per heavy atom. The van der Waals surface area contributed by atoms with Crippen LogP contribution in [0.1, 0.15) is 47.5 Å². The fourth-order valence-corrected chi connectivity index (χ4v) is 2.11. The van der Waals surface area contributed by atoms with Gasteiger partial charge in [-0.1, -0.05) is 13.8 Å². The molecule has 1 heterocycles. The number of hydrogen-bond acceptors (Lipinski definition) is 2. The van der Waals surface area contributed by atoms with Gasteiger partial charge in [-0.2, -0.15) is 0 Å². The Balaban J connectivity index is 2.36. The summed E-state index contributed by atoms with van der Waals surface area (Å²) in [6, 6.07) is 1.25. The van der Waals surface area contributed by atoms with E-state index in [0.717, 1.165) is 12.8 Å². The molecule has 1 unspecified atom stereocenters. The van der Waals surface area contributed by atoms with E-state index in [2.05, 4.69) is 39.9 Å². The van der Waals surface area contributed by atoms with Crippen molar-refractivity contribution in [3.05, 3.63) is 0 Å². The molecule has 1 saturated heterocycles. The van der Waals surface area contributed by atoms with Crippen LogP contribution in [0, 0.1) is 5.92 Å². The first-order valence-corrected chi connectivity index (χ1v) is 5.90. The Labute approximate surface area is 88.4 Å². The van der Waals surface area contributed by atoms with Crippen molar-refractivity contribution >= 4 is 0 Å². The van der Waals surface area contributed by atoms with Gasteiger partial charge in [0.15, 0.2) is 0 Å². The maximum Gasteiger partial charge on any atom is 0.0565 e. The zero-order valence-corrected chi connectivity index (χ0v) is 10.2. The second-order valence-electron chi connectivity index (χ2n) is 5.13. The minimum Gasteiger partial charge on any atom is -0.375 e. The Morgan fingerprint density at radius 1 is 1.07 bits per heavy atom. The number of rotatable bonds is 3. The average molecular weight is 199 g/mol. The predicted molar refractivity (Wildman–Crippen MR) is 60.5 cm³/mol. The van der Waals surface area contributed by atoms with Gasteiger partial charge in [-0.05, 0) is 39.5 Å².